The van der Waals surface area contributed by atoms with E-state index in [1.165, 1.54) is 20.0 Å². The second kappa shape index (κ2) is 3.90. The molecule has 1 atom stereocenters. The van der Waals surface area contributed by atoms with Gasteiger partial charge in [-0.25, -0.2) is 0 Å². The SMILES string of the molecule is COC(=O)CC(C)N(C)C1CC1. The number of esters is 1. The molecule has 0 aromatic heterocycles. The van der Waals surface area contributed by atoms with Crippen LogP contribution in [-0.4, -0.2) is 37.1 Å². The molecule has 1 saturated carbocycles. The van der Waals surface area contributed by atoms with Crippen molar-refractivity contribution in [2.24, 2.45) is 0 Å². The van der Waals surface area contributed by atoms with Gasteiger partial charge >= 0.3 is 5.97 Å². The van der Waals surface area contributed by atoms with Crippen molar-refractivity contribution in [1.29, 1.82) is 0 Å². The zero-order valence-electron chi connectivity index (χ0n) is 8.04. The van der Waals surface area contributed by atoms with Gasteiger partial charge < -0.3 is 9.64 Å². The molecule has 3 nitrogen and oxygen atoms in total. The van der Waals surface area contributed by atoms with Crippen LogP contribution in [0.25, 0.3) is 0 Å². The predicted molar refractivity (Wildman–Crippen MR) is 46.9 cm³/mol. The van der Waals surface area contributed by atoms with E-state index in [-0.39, 0.29) is 5.97 Å². The van der Waals surface area contributed by atoms with Gasteiger partial charge in [0.25, 0.3) is 0 Å². The van der Waals surface area contributed by atoms with Crippen molar-refractivity contribution in [3.05, 3.63) is 0 Å². The van der Waals surface area contributed by atoms with Crippen LogP contribution in [0, 0.1) is 0 Å². The zero-order valence-corrected chi connectivity index (χ0v) is 8.04. The van der Waals surface area contributed by atoms with Crippen molar-refractivity contribution in [1.82, 2.24) is 4.90 Å². The summed E-state index contributed by atoms with van der Waals surface area (Å²) in [4.78, 5) is 13.2. The van der Waals surface area contributed by atoms with Gasteiger partial charge in [0, 0.05) is 12.1 Å². The second-order valence-electron chi connectivity index (χ2n) is 3.53. The third-order valence-electron chi connectivity index (χ3n) is 2.51. The van der Waals surface area contributed by atoms with E-state index < -0.39 is 0 Å². The van der Waals surface area contributed by atoms with Crippen molar-refractivity contribution >= 4 is 5.97 Å². The Labute approximate surface area is 73.7 Å². The zero-order chi connectivity index (χ0) is 9.14. The number of nitrogens with zero attached hydrogens (tertiary/aromatic N) is 1. The second-order valence-corrected chi connectivity index (χ2v) is 3.53. The monoisotopic (exact) mass is 171 g/mol. The van der Waals surface area contributed by atoms with Crippen molar-refractivity contribution in [3.63, 3.8) is 0 Å². The van der Waals surface area contributed by atoms with E-state index in [1.54, 1.807) is 0 Å². The molecule has 0 saturated heterocycles. The molecule has 0 N–H and O–H groups in total. The van der Waals surface area contributed by atoms with E-state index in [0.717, 1.165) is 0 Å². The molecule has 0 heterocycles. The topological polar surface area (TPSA) is 29.5 Å². The third-order valence-corrected chi connectivity index (χ3v) is 2.51. The lowest BCUT2D eigenvalue weighted by Gasteiger charge is -2.23. The Balaban J connectivity index is 2.25. The van der Waals surface area contributed by atoms with Gasteiger partial charge in [0.05, 0.1) is 13.5 Å². The lowest BCUT2D eigenvalue weighted by Crippen LogP contribution is -2.33. The van der Waals surface area contributed by atoms with Crippen molar-refractivity contribution in [2.75, 3.05) is 14.2 Å². The van der Waals surface area contributed by atoms with Crippen LogP contribution in [0.3, 0.4) is 0 Å². The Kier molecular flexibility index (Phi) is 3.09. The lowest BCUT2D eigenvalue weighted by atomic mass is 10.2. The molecular weight excluding hydrogens is 154 g/mol. The molecule has 0 spiro atoms. The summed E-state index contributed by atoms with van der Waals surface area (Å²) in [5.41, 5.74) is 0. The van der Waals surface area contributed by atoms with Crippen LogP contribution >= 0.6 is 0 Å². The highest BCUT2D eigenvalue weighted by atomic mass is 16.5. The molecule has 0 bridgehead atoms. The van der Waals surface area contributed by atoms with Crippen LogP contribution in [-0.2, 0) is 9.53 Å². The smallest absolute Gasteiger partial charge is 0.307 e. The summed E-state index contributed by atoms with van der Waals surface area (Å²) in [6, 6.07) is 1.02. The number of carbonyl (C=O) groups is 1. The van der Waals surface area contributed by atoms with E-state index in [4.69, 9.17) is 0 Å². The average molecular weight is 171 g/mol. The Hall–Kier alpha value is -0.570. The normalized spacial score (nSPS) is 19.3. The quantitative estimate of drug-likeness (QED) is 0.592. The lowest BCUT2D eigenvalue weighted by molar-refractivity contribution is -0.141. The minimum absolute atomic E-state index is 0.116. The van der Waals surface area contributed by atoms with Crippen molar-refractivity contribution < 1.29 is 9.53 Å². The number of ether oxygens (including phenoxy) is 1. The number of hydrogen-bond donors (Lipinski definition) is 0. The highest BCUT2D eigenvalue weighted by Crippen LogP contribution is 2.27. The van der Waals surface area contributed by atoms with Gasteiger partial charge in [0.15, 0.2) is 0 Å². The minimum atomic E-state index is -0.116. The van der Waals surface area contributed by atoms with Crippen LogP contribution in [0.5, 0.6) is 0 Å². The number of rotatable bonds is 4. The summed E-state index contributed by atoms with van der Waals surface area (Å²) in [5, 5.41) is 0. The fourth-order valence-corrected chi connectivity index (χ4v) is 1.31. The summed E-state index contributed by atoms with van der Waals surface area (Å²) in [5.74, 6) is -0.116. The molecule has 1 aliphatic rings. The van der Waals surface area contributed by atoms with Crippen LogP contribution in [0.1, 0.15) is 26.2 Å². The van der Waals surface area contributed by atoms with Crippen molar-refractivity contribution in [2.45, 2.75) is 38.3 Å². The average Bonchev–Trinajstić information content (AvgIpc) is 2.85. The molecule has 1 aliphatic carbocycles. The number of carbonyl (C=O) groups excluding carboxylic acids is 1. The standard InChI is InChI=1S/C9H17NO2/c1-7(6-9(11)12-3)10(2)8-4-5-8/h7-8H,4-6H2,1-3H3. The van der Waals surface area contributed by atoms with E-state index in [9.17, 15) is 4.79 Å². The molecule has 1 rings (SSSR count). The van der Waals surface area contributed by atoms with Crippen LogP contribution in [0.15, 0.2) is 0 Å². The predicted octanol–water partition coefficient (Wildman–Crippen LogP) is 1.03. The van der Waals surface area contributed by atoms with Crippen LogP contribution in [0.2, 0.25) is 0 Å². The maximum atomic E-state index is 10.9. The van der Waals surface area contributed by atoms with Gasteiger partial charge in [0.1, 0.15) is 0 Å². The fourth-order valence-electron chi connectivity index (χ4n) is 1.31. The van der Waals surface area contributed by atoms with Gasteiger partial charge in [-0.3, -0.25) is 4.79 Å². The summed E-state index contributed by atoms with van der Waals surface area (Å²) < 4.78 is 4.61. The van der Waals surface area contributed by atoms with E-state index in [0.29, 0.717) is 18.5 Å². The molecule has 0 aliphatic heterocycles. The first kappa shape index (κ1) is 9.52. The van der Waals surface area contributed by atoms with Crippen LogP contribution in [0.4, 0.5) is 0 Å². The summed E-state index contributed by atoms with van der Waals surface area (Å²) in [6.07, 6.45) is 3.06. The number of methoxy groups -OCH3 is 1. The van der Waals surface area contributed by atoms with Gasteiger partial charge in [-0.1, -0.05) is 0 Å². The summed E-state index contributed by atoms with van der Waals surface area (Å²) >= 11 is 0. The summed E-state index contributed by atoms with van der Waals surface area (Å²) in [7, 11) is 3.51. The molecule has 3 heteroatoms. The molecule has 70 valence electrons. The first-order valence-corrected chi connectivity index (χ1v) is 4.44. The van der Waals surface area contributed by atoms with Crippen LogP contribution < -0.4 is 0 Å². The van der Waals surface area contributed by atoms with E-state index in [2.05, 4.69) is 23.6 Å². The Morgan fingerprint density at radius 2 is 2.25 bits per heavy atom. The Morgan fingerprint density at radius 3 is 2.67 bits per heavy atom. The molecule has 0 aromatic carbocycles. The largest absolute Gasteiger partial charge is 0.469 e. The molecule has 1 fully saturated rings. The van der Waals surface area contributed by atoms with Crippen molar-refractivity contribution in [3.8, 4) is 0 Å². The Bertz CT molecular complexity index is 166. The minimum Gasteiger partial charge on any atom is -0.469 e. The van der Waals surface area contributed by atoms with Gasteiger partial charge in [-0.15, -0.1) is 0 Å². The Morgan fingerprint density at radius 1 is 1.67 bits per heavy atom. The highest BCUT2D eigenvalue weighted by Gasteiger charge is 2.29. The van der Waals surface area contributed by atoms with E-state index in [1.807, 2.05) is 0 Å². The fraction of sp³-hybridized carbons (Fsp3) is 0.889. The maximum absolute atomic E-state index is 10.9. The number of hydrogen-bond acceptors (Lipinski definition) is 3. The first-order valence-electron chi connectivity index (χ1n) is 4.44. The maximum Gasteiger partial charge on any atom is 0.307 e. The first-order chi connectivity index (χ1) is 5.65. The molecule has 0 radical (unpaired) electrons. The van der Waals surface area contributed by atoms with Gasteiger partial charge in [-0.05, 0) is 26.8 Å². The molecule has 1 unspecified atom stereocenters. The van der Waals surface area contributed by atoms with Gasteiger partial charge in [0.2, 0.25) is 0 Å². The molecule has 12 heavy (non-hydrogen) atoms. The molecule has 0 amide bonds. The van der Waals surface area contributed by atoms with Gasteiger partial charge in [-0.2, -0.15) is 0 Å². The summed E-state index contributed by atoms with van der Waals surface area (Å²) in [6.45, 7) is 2.06. The molecule has 0 aromatic rings. The third kappa shape index (κ3) is 2.48. The molecular formula is C9H17NO2. The van der Waals surface area contributed by atoms with E-state index >= 15 is 0 Å². The highest BCUT2D eigenvalue weighted by molar-refractivity contribution is 5.69.